The van der Waals surface area contributed by atoms with Crippen molar-refractivity contribution in [2.24, 2.45) is 17.6 Å². The van der Waals surface area contributed by atoms with E-state index in [2.05, 4.69) is 11.8 Å². The molecular formula is C23H21NO8. The van der Waals surface area contributed by atoms with E-state index >= 15 is 0 Å². The molecule has 0 saturated heterocycles. The van der Waals surface area contributed by atoms with Crippen LogP contribution < -0.4 is 5.73 Å². The fraction of sp³-hybridized carbons (Fsp3) is 0.348. The van der Waals surface area contributed by atoms with Crippen molar-refractivity contribution >= 4 is 17.5 Å². The van der Waals surface area contributed by atoms with E-state index in [0.717, 1.165) is 0 Å². The standard InChI is InChI=1S/C23H21NO8/c1-3-4-9-5-10-8(2)14-17(19(28)15(10)12(25)6-9)21(30)23(32)11(18(14)27)7-13(26)16(20(23)29)22(24)31/h5-6,8,11,14,18,25-27,30,32H,7H2,1-2H3,(H2,24,31)/t8?,11?,14?,18?,23-/m1/s1. The van der Waals surface area contributed by atoms with Gasteiger partial charge in [0.2, 0.25) is 5.78 Å². The van der Waals surface area contributed by atoms with Gasteiger partial charge in [0.05, 0.1) is 11.7 Å². The lowest BCUT2D eigenvalue weighted by Crippen LogP contribution is -2.62. The van der Waals surface area contributed by atoms with Gasteiger partial charge in [0.25, 0.3) is 5.91 Å². The quantitative estimate of drug-likeness (QED) is 0.270. The lowest BCUT2D eigenvalue weighted by atomic mass is 9.56. The number of Topliss-reactive ketones (excluding diaryl/α,β-unsaturated/α-hetero) is 2. The Morgan fingerprint density at radius 3 is 2.47 bits per heavy atom. The second kappa shape index (κ2) is 6.95. The van der Waals surface area contributed by atoms with Crippen molar-refractivity contribution in [2.45, 2.75) is 37.9 Å². The van der Waals surface area contributed by atoms with E-state index in [-0.39, 0.29) is 5.56 Å². The Balaban J connectivity index is 1.99. The van der Waals surface area contributed by atoms with Gasteiger partial charge in [0.1, 0.15) is 22.8 Å². The van der Waals surface area contributed by atoms with Gasteiger partial charge in [-0.15, -0.1) is 5.92 Å². The molecule has 0 saturated carbocycles. The van der Waals surface area contributed by atoms with Crippen LogP contribution in [-0.2, 0) is 9.59 Å². The highest BCUT2D eigenvalue weighted by Gasteiger charge is 2.64. The lowest BCUT2D eigenvalue weighted by molar-refractivity contribution is -0.154. The average molecular weight is 439 g/mol. The van der Waals surface area contributed by atoms with Crippen molar-refractivity contribution in [3.8, 4) is 17.6 Å². The summed E-state index contributed by atoms with van der Waals surface area (Å²) in [6, 6.07) is 2.89. The maximum Gasteiger partial charge on any atom is 0.255 e. The van der Waals surface area contributed by atoms with E-state index in [0.29, 0.717) is 11.1 Å². The summed E-state index contributed by atoms with van der Waals surface area (Å²) in [5.74, 6) is -3.35. The fourth-order valence-corrected chi connectivity index (χ4v) is 5.24. The zero-order valence-electron chi connectivity index (χ0n) is 17.2. The molecule has 4 unspecified atom stereocenters. The van der Waals surface area contributed by atoms with Crippen LogP contribution in [0.1, 0.15) is 47.7 Å². The number of rotatable bonds is 1. The number of aliphatic hydroxyl groups excluding tert-OH is 3. The number of allylic oxidation sites excluding steroid dienone is 1. The first-order valence-electron chi connectivity index (χ1n) is 9.91. The maximum absolute atomic E-state index is 13.3. The fourth-order valence-electron chi connectivity index (χ4n) is 5.24. The van der Waals surface area contributed by atoms with E-state index in [1.165, 1.54) is 6.07 Å². The summed E-state index contributed by atoms with van der Waals surface area (Å²) in [5, 5.41) is 54.0. The van der Waals surface area contributed by atoms with Crippen molar-refractivity contribution in [1.82, 2.24) is 0 Å². The zero-order chi connectivity index (χ0) is 23.7. The van der Waals surface area contributed by atoms with Gasteiger partial charge in [0, 0.05) is 29.4 Å². The van der Waals surface area contributed by atoms with Gasteiger partial charge in [-0.3, -0.25) is 14.4 Å². The number of ketones is 2. The Morgan fingerprint density at radius 1 is 1.22 bits per heavy atom. The van der Waals surface area contributed by atoms with Gasteiger partial charge in [-0.05, 0) is 30.5 Å². The summed E-state index contributed by atoms with van der Waals surface area (Å²) in [7, 11) is 0. The van der Waals surface area contributed by atoms with Crippen molar-refractivity contribution in [2.75, 3.05) is 0 Å². The number of phenolic OH excluding ortho intramolecular Hbond substituents is 1. The summed E-state index contributed by atoms with van der Waals surface area (Å²) in [6.45, 7) is 3.27. The number of fused-ring (bicyclic) bond motifs is 3. The normalized spacial score (nSPS) is 31.4. The van der Waals surface area contributed by atoms with Crippen LogP contribution in [0, 0.1) is 23.7 Å². The summed E-state index contributed by atoms with van der Waals surface area (Å²) >= 11 is 0. The van der Waals surface area contributed by atoms with Crippen LogP contribution in [-0.4, -0.2) is 54.7 Å². The van der Waals surface area contributed by atoms with Crippen LogP contribution in [0.25, 0.3) is 0 Å². The molecule has 0 spiro atoms. The molecular weight excluding hydrogens is 418 g/mol. The number of amides is 1. The van der Waals surface area contributed by atoms with Gasteiger partial charge in [-0.25, -0.2) is 0 Å². The van der Waals surface area contributed by atoms with E-state index in [9.17, 15) is 39.9 Å². The van der Waals surface area contributed by atoms with Crippen LogP contribution in [0.5, 0.6) is 5.75 Å². The molecule has 166 valence electrons. The summed E-state index contributed by atoms with van der Waals surface area (Å²) in [6.07, 6.45) is -2.07. The van der Waals surface area contributed by atoms with Crippen molar-refractivity contribution < 1.29 is 39.9 Å². The zero-order valence-corrected chi connectivity index (χ0v) is 17.2. The minimum atomic E-state index is -2.84. The molecule has 1 aromatic carbocycles. The number of benzene rings is 1. The van der Waals surface area contributed by atoms with Gasteiger partial charge >= 0.3 is 0 Å². The van der Waals surface area contributed by atoms with E-state index in [1.807, 2.05) is 0 Å². The highest BCUT2D eigenvalue weighted by atomic mass is 16.4. The highest BCUT2D eigenvalue weighted by Crippen LogP contribution is 2.54. The first kappa shape index (κ1) is 21.6. The first-order chi connectivity index (χ1) is 15.0. The Hall–Kier alpha value is -3.61. The summed E-state index contributed by atoms with van der Waals surface area (Å²) in [5.41, 5.74) is 1.68. The minimum Gasteiger partial charge on any atom is -0.511 e. The minimum absolute atomic E-state index is 0.136. The molecule has 3 aliphatic rings. The molecule has 0 aromatic heterocycles. The summed E-state index contributed by atoms with van der Waals surface area (Å²) < 4.78 is 0. The largest absolute Gasteiger partial charge is 0.511 e. The lowest BCUT2D eigenvalue weighted by Gasteiger charge is -2.50. The highest BCUT2D eigenvalue weighted by molar-refractivity contribution is 6.24. The molecule has 3 aliphatic carbocycles. The van der Waals surface area contributed by atoms with Crippen LogP contribution in [0.15, 0.2) is 34.8 Å². The Kier molecular flexibility index (Phi) is 4.69. The molecule has 1 amide bonds. The molecule has 32 heavy (non-hydrogen) atoms. The second-order valence-corrected chi connectivity index (χ2v) is 8.32. The maximum atomic E-state index is 13.3. The molecule has 7 N–H and O–H groups in total. The number of nitrogens with two attached hydrogens (primary N) is 1. The number of phenols is 1. The predicted octanol–water partition coefficient (Wildman–Crippen LogP) is 0.484. The number of hydrogen-bond acceptors (Lipinski definition) is 8. The number of hydrogen-bond donors (Lipinski definition) is 6. The van der Waals surface area contributed by atoms with Crippen molar-refractivity contribution in [3.05, 3.63) is 51.5 Å². The molecule has 9 heteroatoms. The topological polar surface area (TPSA) is 178 Å². The Morgan fingerprint density at radius 2 is 1.88 bits per heavy atom. The number of carbonyl (C=O) groups excluding carboxylic acids is 3. The SMILES string of the molecule is CC#Cc1cc(O)c2c(c1)C(C)C1C(=C(O)[C@]3(O)C(=O)C(C(N)=O)=C(O)CC3C1O)C2=O. The molecule has 0 aliphatic heterocycles. The molecule has 4 rings (SSSR count). The molecule has 0 bridgehead atoms. The third kappa shape index (κ3) is 2.57. The predicted molar refractivity (Wildman–Crippen MR) is 109 cm³/mol. The van der Waals surface area contributed by atoms with Gasteiger partial charge in [-0.1, -0.05) is 12.8 Å². The van der Waals surface area contributed by atoms with Crippen LogP contribution in [0.3, 0.4) is 0 Å². The van der Waals surface area contributed by atoms with Crippen LogP contribution in [0.2, 0.25) is 0 Å². The van der Waals surface area contributed by atoms with Crippen molar-refractivity contribution in [3.63, 3.8) is 0 Å². The van der Waals surface area contributed by atoms with Crippen molar-refractivity contribution in [1.29, 1.82) is 0 Å². The Labute approximate surface area is 182 Å². The third-order valence-corrected chi connectivity index (χ3v) is 6.71. The van der Waals surface area contributed by atoms with E-state index in [1.54, 1.807) is 19.9 Å². The molecule has 0 radical (unpaired) electrons. The second-order valence-electron chi connectivity index (χ2n) is 8.32. The monoisotopic (exact) mass is 439 g/mol. The smallest absolute Gasteiger partial charge is 0.255 e. The molecule has 0 fully saturated rings. The third-order valence-electron chi connectivity index (χ3n) is 6.71. The van der Waals surface area contributed by atoms with Gasteiger partial charge in [-0.2, -0.15) is 0 Å². The van der Waals surface area contributed by atoms with Gasteiger partial charge < -0.3 is 31.3 Å². The molecule has 0 heterocycles. The number of primary amides is 1. The molecule has 1 aromatic rings. The van der Waals surface area contributed by atoms with Crippen LogP contribution >= 0.6 is 0 Å². The summed E-state index contributed by atoms with van der Waals surface area (Å²) in [4.78, 5) is 38.0. The molecule has 9 nitrogen and oxygen atoms in total. The van der Waals surface area contributed by atoms with Crippen LogP contribution in [0.4, 0.5) is 0 Å². The average Bonchev–Trinajstić information content (AvgIpc) is 2.71. The first-order valence-corrected chi connectivity index (χ1v) is 9.91. The van der Waals surface area contributed by atoms with Gasteiger partial charge in [0.15, 0.2) is 11.4 Å². The number of carbonyl (C=O) groups is 3. The van der Waals surface area contributed by atoms with E-state index in [4.69, 9.17) is 5.73 Å². The van der Waals surface area contributed by atoms with E-state index < -0.39 is 81.8 Å². The number of aromatic hydroxyl groups is 1. The molecule has 5 atom stereocenters. The Bertz CT molecular complexity index is 1230. The number of aliphatic hydroxyl groups is 4.